The number of amides is 1. The molecule has 4 rings (SSSR count). The summed E-state index contributed by atoms with van der Waals surface area (Å²) in [5.41, 5.74) is 2.43. The average Bonchev–Trinajstić information content (AvgIpc) is 3.26. The number of nitrogens with one attached hydrogen (secondary N) is 2. The Balaban J connectivity index is 1.50. The summed E-state index contributed by atoms with van der Waals surface area (Å²) in [6.07, 6.45) is 2.11. The van der Waals surface area contributed by atoms with Crippen molar-refractivity contribution in [3.63, 3.8) is 0 Å². The van der Waals surface area contributed by atoms with E-state index in [1.54, 1.807) is 12.1 Å². The lowest BCUT2D eigenvalue weighted by Crippen LogP contribution is -2.36. The number of aryl methyl sites for hydroxylation is 1. The molecule has 0 aromatic heterocycles. The number of rotatable bonds is 4. The van der Waals surface area contributed by atoms with E-state index in [1.165, 1.54) is 0 Å². The number of hydrogen-bond acceptors (Lipinski definition) is 5. The molecule has 1 amide bonds. The molecule has 0 bridgehead atoms. The Morgan fingerprint density at radius 1 is 1.07 bits per heavy atom. The molecule has 2 aromatic carbocycles. The molecule has 2 aliphatic heterocycles. The predicted octanol–water partition coefficient (Wildman–Crippen LogP) is 3.14. The molecule has 7 nitrogen and oxygen atoms in total. The van der Waals surface area contributed by atoms with Crippen LogP contribution >= 0.6 is 0 Å². The lowest BCUT2D eigenvalue weighted by molar-refractivity contribution is 0.0975. The predicted molar refractivity (Wildman–Crippen MR) is 111 cm³/mol. The van der Waals surface area contributed by atoms with Crippen LogP contribution in [0.5, 0.6) is 11.5 Å². The average molecular weight is 395 g/mol. The highest BCUT2D eigenvalue weighted by Crippen LogP contribution is 2.32. The Morgan fingerprint density at radius 2 is 1.86 bits per heavy atom. The fraction of sp³-hybridized carbons (Fsp3) is 0.364. The Labute approximate surface area is 170 Å². The number of carbonyl (C=O) groups is 1. The summed E-state index contributed by atoms with van der Waals surface area (Å²) in [5, 5.41) is 6.07. The number of nitrogens with zero attached hydrogens (tertiary/aromatic N) is 1. The van der Waals surface area contributed by atoms with Gasteiger partial charge in [-0.05, 0) is 44.0 Å². The molecule has 2 aromatic rings. The van der Waals surface area contributed by atoms with Gasteiger partial charge in [0.2, 0.25) is 5.96 Å². The number of aliphatic imine (C=N–C) groups is 1. The van der Waals surface area contributed by atoms with Gasteiger partial charge < -0.3 is 19.5 Å². The normalized spacial score (nSPS) is 18.4. The second-order valence-electron chi connectivity index (χ2n) is 7.13. The lowest BCUT2D eigenvalue weighted by Gasteiger charge is -2.19. The molecule has 7 heteroatoms. The van der Waals surface area contributed by atoms with Gasteiger partial charge >= 0.3 is 0 Å². The molecule has 1 saturated heterocycles. The van der Waals surface area contributed by atoms with E-state index in [4.69, 9.17) is 14.2 Å². The SMILES string of the molecule is Cc1ccc(C(=O)NC(=NC[C@H]2CCCO2)Nc2ccc3c(c2)OCCO3)cc1. The van der Waals surface area contributed by atoms with E-state index in [1.807, 2.05) is 37.3 Å². The Morgan fingerprint density at radius 3 is 2.62 bits per heavy atom. The zero-order chi connectivity index (χ0) is 20.1. The molecule has 1 fully saturated rings. The van der Waals surface area contributed by atoms with E-state index in [2.05, 4.69) is 15.6 Å². The van der Waals surface area contributed by atoms with Gasteiger partial charge in [0, 0.05) is 23.9 Å². The van der Waals surface area contributed by atoms with Crippen molar-refractivity contribution in [2.45, 2.75) is 25.9 Å². The third-order valence-corrected chi connectivity index (χ3v) is 4.83. The van der Waals surface area contributed by atoms with Gasteiger partial charge in [0.25, 0.3) is 5.91 Å². The second kappa shape index (κ2) is 8.96. The number of fused-ring (bicyclic) bond motifs is 1. The number of hydrogen-bond donors (Lipinski definition) is 2. The van der Waals surface area contributed by atoms with E-state index in [9.17, 15) is 4.79 Å². The highest BCUT2D eigenvalue weighted by atomic mass is 16.6. The lowest BCUT2D eigenvalue weighted by atomic mass is 10.1. The monoisotopic (exact) mass is 395 g/mol. The molecule has 0 spiro atoms. The van der Waals surface area contributed by atoms with Crippen LogP contribution < -0.4 is 20.1 Å². The standard InChI is InChI=1S/C22H25N3O4/c1-15-4-6-16(7-5-15)21(26)25-22(23-14-18-3-2-10-27-18)24-17-8-9-19-20(13-17)29-12-11-28-19/h4-9,13,18H,2-3,10-12,14H2,1H3,(H2,23,24,25,26)/t18-/m1/s1. The number of carbonyl (C=O) groups excluding carboxylic acids is 1. The van der Waals surface area contributed by atoms with Crippen LogP contribution in [0, 0.1) is 6.92 Å². The van der Waals surface area contributed by atoms with E-state index in [0.717, 1.165) is 30.7 Å². The maximum absolute atomic E-state index is 12.7. The minimum absolute atomic E-state index is 0.0864. The first kappa shape index (κ1) is 19.3. The van der Waals surface area contributed by atoms with Crippen LogP contribution in [0.3, 0.4) is 0 Å². The van der Waals surface area contributed by atoms with Crippen molar-refractivity contribution in [3.8, 4) is 11.5 Å². The van der Waals surface area contributed by atoms with Crippen LogP contribution in [-0.4, -0.2) is 44.3 Å². The van der Waals surface area contributed by atoms with Gasteiger partial charge in [-0.15, -0.1) is 0 Å². The highest BCUT2D eigenvalue weighted by Gasteiger charge is 2.17. The summed E-state index contributed by atoms with van der Waals surface area (Å²) >= 11 is 0. The fourth-order valence-electron chi connectivity index (χ4n) is 3.23. The second-order valence-corrected chi connectivity index (χ2v) is 7.13. The first-order valence-corrected chi connectivity index (χ1v) is 9.88. The summed E-state index contributed by atoms with van der Waals surface area (Å²) in [7, 11) is 0. The zero-order valence-corrected chi connectivity index (χ0v) is 16.4. The molecule has 29 heavy (non-hydrogen) atoms. The third kappa shape index (κ3) is 5.06. The number of guanidine groups is 1. The molecular formula is C22H25N3O4. The van der Waals surface area contributed by atoms with E-state index in [-0.39, 0.29) is 12.0 Å². The Hall–Kier alpha value is -3.06. The smallest absolute Gasteiger partial charge is 0.257 e. The summed E-state index contributed by atoms with van der Waals surface area (Å²) in [6, 6.07) is 13.0. The van der Waals surface area contributed by atoms with Crippen LogP contribution in [0.4, 0.5) is 5.69 Å². The Kier molecular flexibility index (Phi) is 5.95. The summed E-state index contributed by atoms with van der Waals surface area (Å²) in [4.78, 5) is 17.3. The molecule has 2 heterocycles. The summed E-state index contributed by atoms with van der Waals surface area (Å²) in [5.74, 6) is 1.54. The van der Waals surface area contributed by atoms with Gasteiger partial charge in [0.1, 0.15) is 13.2 Å². The van der Waals surface area contributed by atoms with Gasteiger partial charge in [-0.1, -0.05) is 17.7 Å². The number of benzene rings is 2. The van der Waals surface area contributed by atoms with Crippen molar-refractivity contribution in [2.75, 3.05) is 31.7 Å². The number of anilines is 1. The molecule has 0 unspecified atom stereocenters. The first-order chi connectivity index (χ1) is 14.2. The van der Waals surface area contributed by atoms with Crippen LogP contribution in [-0.2, 0) is 4.74 Å². The molecular weight excluding hydrogens is 370 g/mol. The van der Waals surface area contributed by atoms with Crippen molar-refractivity contribution < 1.29 is 19.0 Å². The van der Waals surface area contributed by atoms with Crippen LogP contribution in [0.25, 0.3) is 0 Å². The molecule has 152 valence electrons. The summed E-state index contributed by atoms with van der Waals surface area (Å²) in [6.45, 7) is 4.29. The van der Waals surface area contributed by atoms with Crippen molar-refractivity contribution in [2.24, 2.45) is 4.99 Å². The molecule has 0 aliphatic carbocycles. The topological polar surface area (TPSA) is 81.2 Å². The quantitative estimate of drug-likeness (QED) is 0.614. The van der Waals surface area contributed by atoms with E-state index < -0.39 is 0 Å². The minimum Gasteiger partial charge on any atom is -0.486 e. The molecule has 2 aliphatic rings. The fourth-order valence-corrected chi connectivity index (χ4v) is 3.23. The molecule has 2 N–H and O–H groups in total. The van der Waals surface area contributed by atoms with Crippen LogP contribution in [0.1, 0.15) is 28.8 Å². The zero-order valence-electron chi connectivity index (χ0n) is 16.4. The maximum atomic E-state index is 12.7. The third-order valence-electron chi connectivity index (χ3n) is 4.83. The van der Waals surface area contributed by atoms with Crippen LogP contribution in [0.2, 0.25) is 0 Å². The van der Waals surface area contributed by atoms with E-state index in [0.29, 0.717) is 42.8 Å². The number of ether oxygens (including phenoxy) is 3. The molecule has 0 radical (unpaired) electrons. The first-order valence-electron chi connectivity index (χ1n) is 9.88. The molecule has 1 atom stereocenters. The van der Waals surface area contributed by atoms with Crippen molar-refractivity contribution >= 4 is 17.6 Å². The highest BCUT2D eigenvalue weighted by molar-refractivity contribution is 6.10. The maximum Gasteiger partial charge on any atom is 0.257 e. The van der Waals surface area contributed by atoms with Crippen molar-refractivity contribution in [1.29, 1.82) is 0 Å². The van der Waals surface area contributed by atoms with Gasteiger partial charge in [-0.2, -0.15) is 0 Å². The minimum atomic E-state index is -0.221. The van der Waals surface area contributed by atoms with Gasteiger partial charge in [-0.25, -0.2) is 4.99 Å². The largest absolute Gasteiger partial charge is 0.486 e. The van der Waals surface area contributed by atoms with Gasteiger partial charge in [-0.3, -0.25) is 10.1 Å². The van der Waals surface area contributed by atoms with Gasteiger partial charge in [0.05, 0.1) is 12.6 Å². The molecule has 0 saturated carbocycles. The van der Waals surface area contributed by atoms with Crippen molar-refractivity contribution in [3.05, 3.63) is 53.6 Å². The summed E-state index contributed by atoms with van der Waals surface area (Å²) < 4.78 is 16.8. The van der Waals surface area contributed by atoms with E-state index >= 15 is 0 Å². The van der Waals surface area contributed by atoms with Crippen LogP contribution in [0.15, 0.2) is 47.5 Å². The Bertz CT molecular complexity index is 889. The van der Waals surface area contributed by atoms with Gasteiger partial charge in [0.15, 0.2) is 11.5 Å². The van der Waals surface area contributed by atoms with Crippen molar-refractivity contribution in [1.82, 2.24) is 5.32 Å².